The average Bonchev–Trinajstić information content (AvgIpc) is 2.90. The Bertz CT molecular complexity index is 433. The fraction of sp³-hybridized carbons (Fsp3) is 0.750. The summed E-state index contributed by atoms with van der Waals surface area (Å²) < 4.78 is 0. The molecule has 134 valence electrons. The first kappa shape index (κ1) is 22.6. The van der Waals surface area contributed by atoms with E-state index in [0.717, 1.165) is 62.0 Å². The lowest BCUT2D eigenvalue weighted by Gasteiger charge is -2.15. The molecule has 0 radical (unpaired) electrons. The summed E-state index contributed by atoms with van der Waals surface area (Å²) >= 11 is 1.69. The second-order valence-electron chi connectivity index (χ2n) is 5.42. The van der Waals surface area contributed by atoms with Crippen molar-refractivity contribution in [3.8, 4) is 0 Å². The van der Waals surface area contributed by atoms with Crippen molar-refractivity contribution >= 4 is 41.3 Å². The molecule has 1 aromatic heterocycles. The van der Waals surface area contributed by atoms with Crippen LogP contribution in [0.1, 0.15) is 43.8 Å². The highest BCUT2D eigenvalue weighted by molar-refractivity contribution is 14.0. The average molecular weight is 454 g/mol. The van der Waals surface area contributed by atoms with E-state index in [0.29, 0.717) is 5.92 Å². The molecule has 0 aliphatic heterocycles. The minimum absolute atomic E-state index is 0. The first-order valence-electron chi connectivity index (χ1n) is 8.23. The number of aromatic nitrogens is 1. The maximum Gasteiger partial charge on any atom is 0.191 e. The van der Waals surface area contributed by atoms with Crippen molar-refractivity contribution in [1.29, 1.82) is 0 Å². The molecular weight excluding hydrogens is 423 g/mol. The lowest BCUT2D eigenvalue weighted by atomic mass is 10.0. The van der Waals surface area contributed by atoms with Gasteiger partial charge in [0.15, 0.2) is 5.96 Å². The van der Waals surface area contributed by atoms with E-state index in [1.54, 1.807) is 11.3 Å². The van der Waals surface area contributed by atoms with Crippen LogP contribution in [0.2, 0.25) is 0 Å². The monoisotopic (exact) mass is 454 g/mol. The summed E-state index contributed by atoms with van der Waals surface area (Å²) in [7, 11) is 0. The van der Waals surface area contributed by atoms with Gasteiger partial charge in [-0.25, -0.2) is 4.98 Å². The molecule has 1 rings (SSSR count). The Morgan fingerprint density at radius 1 is 1.35 bits per heavy atom. The second-order valence-corrected chi connectivity index (χ2v) is 6.48. The SMILES string of the molecule is CCCC(CCO)CN=C(NCC)NCCc1csc(C)n1.I. The molecular formula is C16H31IN4OS. The molecule has 1 atom stereocenters. The van der Waals surface area contributed by atoms with E-state index in [1.807, 2.05) is 6.92 Å². The lowest BCUT2D eigenvalue weighted by molar-refractivity contribution is 0.253. The number of nitrogens with one attached hydrogen (secondary N) is 2. The largest absolute Gasteiger partial charge is 0.396 e. The summed E-state index contributed by atoms with van der Waals surface area (Å²) in [5, 5.41) is 19.0. The van der Waals surface area contributed by atoms with Gasteiger partial charge in [-0.15, -0.1) is 35.3 Å². The quantitative estimate of drug-likeness (QED) is 0.289. The Hall–Kier alpha value is -0.410. The maximum atomic E-state index is 9.12. The normalized spacial score (nSPS) is 12.6. The van der Waals surface area contributed by atoms with Gasteiger partial charge in [0, 0.05) is 38.0 Å². The maximum absolute atomic E-state index is 9.12. The molecule has 0 aromatic carbocycles. The number of halogens is 1. The van der Waals surface area contributed by atoms with Crippen LogP contribution >= 0.6 is 35.3 Å². The van der Waals surface area contributed by atoms with Crippen LogP contribution in [0.15, 0.2) is 10.4 Å². The standard InChI is InChI=1S/C16H30N4OS.HI/c1-4-6-14(8-10-21)11-19-16(17-5-2)18-9-7-15-12-22-13(3)20-15;/h12,14,21H,4-11H2,1-3H3,(H2,17,18,19);1H. The number of guanidine groups is 1. The van der Waals surface area contributed by atoms with Crippen molar-refractivity contribution < 1.29 is 5.11 Å². The molecule has 0 saturated heterocycles. The van der Waals surface area contributed by atoms with Gasteiger partial charge in [0.05, 0.1) is 10.7 Å². The van der Waals surface area contributed by atoms with Crippen molar-refractivity contribution in [2.75, 3.05) is 26.2 Å². The number of rotatable bonds is 10. The Labute approximate surface area is 161 Å². The molecule has 0 saturated carbocycles. The van der Waals surface area contributed by atoms with Gasteiger partial charge in [-0.3, -0.25) is 4.99 Å². The second kappa shape index (κ2) is 14.0. The highest BCUT2D eigenvalue weighted by Gasteiger charge is 2.07. The Balaban J connectivity index is 0.00000484. The number of aliphatic imine (C=N–C) groups is 1. The topological polar surface area (TPSA) is 69.5 Å². The molecule has 1 aromatic rings. The Morgan fingerprint density at radius 2 is 2.13 bits per heavy atom. The van der Waals surface area contributed by atoms with Gasteiger partial charge in [-0.05, 0) is 32.6 Å². The van der Waals surface area contributed by atoms with Crippen molar-refractivity contribution in [2.24, 2.45) is 10.9 Å². The summed E-state index contributed by atoms with van der Waals surface area (Å²) in [6.07, 6.45) is 3.98. The Kier molecular flexibility index (Phi) is 13.7. The number of aryl methyl sites for hydroxylation is 1. The number of aliphatic hydroxyl groups is 1. The Morgan fingerprint density at radius 3 is 2.70 bits per heavy atom. The minimum atomic E-state index is 0. The van der Waals surface area contributed by atoms with Crippen LogP contribution in [0.3, 0.4) is 0 Å². The van der Waals surface area contributed by atoms with Crippen molar-refractivity contribution in [2.45, 2.75) is 46.5 Å². The number of nitrogens with zero attached hydrogens (tertiary/aromatic N) is 2. The van der Waals surface area contributed by atoms with Crippen LogP contribution in [-0.4, -0.2) is 42.3 Å². The van der Waals surface area contributed by atoms with E-state index in [-0.39, 0.29) is 30.6 Å². The van der Waals surface area contributed by atoms with Crippen LogP contribution in [0.25, 0.3) is 0 Å². The zero-order valence-electron chi connectivity index (χ0n) is 14.5. The van der Waals surface area contributed by atoms with Gasteiger partial charge in [0.25, 0.3) is 0 Å². The molecule has 0 aliphatic rings. The zero-order chi connectivity index (χ0) is 16.2. The first-order chi connectivity index (χ1) is 10.7. The molecule has 0 fully saturated rings. The van der Waals surface area contributed by atoms with Gasteiger partial charge < -0.3 is 15.7 Å². The molecule has 5 nitrogen and oxygen atoms in total. The van der Waals surface area contributed by atoms with Crippen LogP contribution in [0.4, 0.5) is 0 Å². The number of aliphatic hydroxyl groups excluding tert-OH is 1. The third-order valence-corrected chi connectivity index (χ3v) is 4.25. The van der Waals surface area contributed by atoms with E-state index in [9.17, 15) is 0 Å². The van der Waals surface area contributed by atoms with E-state index in [4.69, 9.17) is 5.11 Å². The van der Waals surface area contributed by atoms with Crippen molar-refractivity contribution in [3.05, 3.63) is 16.1 Å². The summed E-state index contributed by atoms with van der Waals surface area (Å²) in [6, 6.07) is 0. The van der Waals surface area contributed by atoms with Gasteiger partial charge in [0.1, 0.15) is 0 Å². The highest BCUT2D eigenvalue weighted by Crippen LogP contribution is 2.11. The lowest BCUT2D eigenvalue weighted by Crippen LogP contribution is -2.38. The number of hydrogen-bond acceptors (Lipinski definition) is 4. The molecule has 0 amide bonds. The molecule has 1 unspecified atom stereocenters. The minimum Gasteiger partial charge on any atom is -0.396 e. The smallest absolute Gasteiger partial charge is 0.191 e. The fourth-order valence-electron chi connectivity index (χ4n) is 2.31. The van der Waals surface area contributed by atoms with Crippen LogP contribution in [0.5, 0.6) is 0 Å². The van der Waals surface area contributed by atoms with Gasteiger partial charge in [-0.1, -0.05) is 13.3 Å². The van der Waals surface area contributed by atoms with Gasteiger partial charge >= 0.3 is 0 Å². The summed E-state index contributed by atoms with van der Waals surface area (Å²) in [4.78, 5) is 9.12. The van der Waals surface area contributed by atoms with Gasteiger partial charge in [0.2, 0.25) is 0 Å². The van der Waals surface area contributed by atoms with Crippen LogP contribution < -0.4 is 10.6 Å². The third kappa shape index (κ3) is 10.1. The van der Waals surface area contributed by atoms with E-state index < -0.39 is 0 Å². The summed E-state index contributed by atoms with van der Waals surface area (Å²) in [5.74, 6) is 1.32. The molecule has 23 heavy (non-hydrogen) atoms. The number of thiazole rings is 1. The van der Waals surface area contributed by atoms with Crippen molar-refractivity contribution in [3.63, 3.8) is 0 Å². The molecule has 0 aliphatic carbocycles. The molecule has 3 N–H and O–H groups in total. The predicted octanol–water partition coefficient (Wildman–Crippen LogP) is 2.97. The molecule has 0 bridgehead atoms. The zero-order valence-corrected chi connectivity index (χ0v) is 17.6. The fourth-order valence-corrected chi connectivity index (χ4v) is 2.96. The molecule has 0 spiro atoms. The predicted molar refractivity (Wildman–Crippen MR) is 110 cm³/mol. The van der Waals surface area contributed by atoms with Gasteiger partial charge in [-0.2, -0.15) is 0 Å². The highest BCUT2D eigenvalue weighted by atomic mass is 127. The van der Waals surface area contributed by atoms with Crippen molar-refractivity contribution in [1.82, 2.24) is 15.6 Å². The van der Waals surface area contributed by atoms with E-state index in [2.05, 4.69) is 39.8 Å². The van der Waals surface area contributed by atoms with E-state index >= 15 is 0 Å². The molecule has 1 heterocycles. The molecule has 7 heteroatoms. The van der Waals surface area contributed by atoms with E-state index in [1.165, 1.54) is 0 Å². The summed E-state index contributed by atoms with van der Waals surface area (Å²) in [5.41, 5.74) is 1.13. The number of hydrogen-bond donors (Lipinski definition) is 3. The van der Waals surface area contributed by atoms with Crippen LogP contribution in [0, 0.1) is 12.8 Å². The third-order valence-electron chi connectivity index (χ3n) is 3.43. The van der Waals surface area contributed by atoms with Crippen LogP contribution in [-0.2, 0) is 6.42 Å². The summed E-state index contributed by atoms with van der Waals surface area (Å²) in [6.45, 7) is 8.95. The first-order valence-corrected chi connectivity index (χ1v) is 9.11.